The van der Waals surface area contributed by atoms with Crippen molar-refractivity contribution in [2.75, 3.05) is 18.0 Å². The van der Waals surface area contributed by atoms with Crippen LogP contribution < -0.4 is 15.5 Å². The van der Waals surface area contributed by atoms with Crippen molar-refractivity contribution in [1.82, 2.24) is 15.6 Å². The standard InChI is InChI=1S/C17H26N4O2/c1-10(2)19-17(22)23-12(4)15-6-5-13-7-14-9-18-8-11(3)21(14)16(13)20-15/h5-6,10-12,14,18H,7-9H2,1-4H3,(H,19,22). The predicted octanol–water partition coefficient (Wildman–Crippen LogP) is 2.00. The van der Waals surface area contributed by atoms with Crippen molar-refractivity contribution >= 4 is 11.9 Å². The molecule has 2 aliphatic rings. The Morgan fingerprint density at radius 3 is 2.91 bits per heavy atom. The van der Waals surface area contributed by atoms with Crippen LogP contribution in [0.4, 0.5) is 10.6 Å². The Balaban J connectivity index is 1.76. The average Bonchev–Trinajstić information content (AvgIpc) is 2.84. The molecule has 3 rings (SSSR count). The van der Waals surface area contributed by atoms with E-state index in [0.717, 1.165) is 31.0 Å². The smallest absolute Gasteiger partial charge is 0.407 e. The monoisotopic (exact) mass is 318 g/mol. The van der Waals surface area contributed by atoms with Crippen LogP contribution in [0.25, 0.3) is 0 Å². The summed E-state index contributed by atoms with van der Waals surface area (Å²) in [5.41, 5.74) is 2.09. The van der Waals surface area contributed by atoms with Crippen molar-refractivity contribution in [2.45, 2.75) is 58.3 Å². The molecule has 1 amide bonds. The third-order valence-corrected chi connectivity index (χ3v) is 4.47. The quantitative estimate of drug-likeness (QED) is 0.892. The molecule has 0 radical (unpaired) electrons. The second-order valence-electron chi connectivity index (χ2n) is 6.84. The number of fused-ring (bicyclic) bond motifs is 3. The molecule has 1 saturated heterocycles. The van der Waals surface area contributed by atoms with Crippen molar-refractivity contribution < 1.29 is 9.53 Å². The van der Waals surface area contributed by atoms with E-state index in [-0.39, 0.29) is 12.1 Å². The van der Waals surface area contributed by atoms with Gasteiger partial charge in [-0.05, 0) is 45.7 Å². The number of hydrogen-bond donors (Lipinski definition) is 2. The molecule has 6 heteroatoms. The lowest BCUT2D eigenvalue weighted by Crippen LogP contribution is -2.55. The summed E-state index contributed by atoms with van der Waals surface area (Å²) in [7, 11) is 0. The van der Waals surface area contributed by atoms with E-state index in [1.165, 1.54) is 5.56 Å². The van der Waals surface area contributed by atoms with Gasteiger partial charge in [-0.25, -0.2) is 9.78 Å². The van der Waals surface area contributed by atoms with Gasteiger partial charge in [0.25, 0.3) is 0 Å². The number of amides is 1. The number of anilines is 1. The third-order valence-electron chi connectivity index (χ3n) is 4.47. The second kappa shape index (κ2) is 6.35. The zero-order valence-electron chi connectivity index (χ0n) is 14.3. The first-order chi connectivity index (χ1) is 11.0. The first kappa shape index (κ1) is 16.1. The van der Waals surface area contributed by atoms with Gasteiger partial charge in [-0.3, -0.25) is 0 Å². The molecule has 0 aliphatic carbocycles. The van der Waals surface area contributed by atoms with E-state index in [0.29, 0.717) is 12.1 Å². The molecular weight excluding hydrogens is 292 g/mol. The van der Waals surface area contributed by atoms with Crippen LogP contribution in [0.1, 0.15) is 45.1 Å². The van der Waals surface area contributed by atoms with Crippen LogP contribution in [0.2, 0.25) is 0 Å². The van der Waals surface area contributed by atoms with Crippen LogP contribution in [0.15, 0.2) is 12.1 Å². The zero-order valence-corrected chi connectivity index (χ0v) is 14.3. The number of pyridine rings is 1. The van der Waals surface area contributed by atoms with Crippen LogP contribution in [-0.4, -0.2) is 42.3 Å². The van der Waals surface area contributed by atoms with E-state index in [9.17, 15) is 4.79 Å². The first-order valence-corrected chi connectivity index (χ1v) is 8.41. The molecule has 1 fully saturated rings. The van der Waals surface area contributed by atoms with E-state index < -0.39 is 6.09 Å². The molecule has 2 N–H and O–H groups in total. The molecule has 23 heavy (non-hydrogen) atoms. The van der Waals surface area contributed by atoms with E-state index in [4.69, 9.17) is 9.72 Å². The van der Waals surface area contributed by atoms with Gasteiger partial charge >= 0.3 is 6.09 Å². The maximum atomic E-state index is 11.8. The summed E-state index contributed by atoms with van der Waals surface area (Å²) in [5.74, 6) is 1.06. The number of carbonyl (C=O) groups is 1. The van der Waals surface area contributed by atoms with Gasteiger partial charge in [0.1, 0.15) is 11.9 Å². The fraction of sp³-hybridized carbons (Fsp3) is 0.647. The van der Waals surface area contributed by atoms with Gasteiger partial charge in [0.05, 0.1) is 5.69 Å². The van der Waals surface area contributed by atoms with E-state index in [1.807, 2.05) is 26.8 Å². The molecule has 3 heterocycles. The molecule has 126 valence electrons. The Morgan fingerprint density at radius 1 is 1.39 bits per heavy atom. The molecule has 1 aromatic rings. The summed E-state index contributed by atoms with van der Waals surface area (Å²) in [6.45, 7) is 9.88. The molecule has 2 aliphatic heterocycles. The molecule has 0 spiro atoms. The fourth-order valence-electron chi connectivity index (χ4n) is 3.41. The number of nitrogens with one attached hydrogen (secondary N) is 2. The molecule has 0 saturated carbocycles. The normalized spacial score (nSPS) is 24.1. The highest BCUT2D eigenvalue weighted by Crippen LogP contribution is 2.34. The SMILES string of the molecule is CC(C)NC(=O)OC(C)c1ccc2c(n1)N1C(C)CNCC1C2. The van der Waals surface area contributed by atoms with Gasteiger partial charge < -0.3 is 20.3 Å². The fourth-order valence-corrected chi connectivity index (χ4v) is 3.41. The molecule has 3 atom stereocenters. The number of hydrogen-bond acceptors (Lipinski definition) is 5. The van der Waals surface area contributed by atoms with Crippen molar-refractivity contribution in [1.29, 1.82) is 0 Å². The number of nitrogens with zero attached hydrogens (tertiary/aromatic N) is 2. The molecule has 6 nitrogen and oxygen atoms in total. The number of piperazine rings is 1. The first-order valence-electron chi connectivity index (χ1n) is 8.41. The summed E-state index contributed by atoms with van der Waals surface area (Å²) in [5, 5.41) is 6.22. The number of carbonyl (C=O) groups excluding carboxylic acids is 1. The van der Waals surface area contributed by atoms with E-state index in [2.05, 4.69) is 28.5 Å². The summed E-state index contributed by atoms with van der Waals surface area (Å²) < 4.78 is 5.43. The van der Waals surface area contributed by atoms with Crippen molar-refractivity contribution in [3.63, 3.8) is 0 Å². The lowest BCUT2D eigenvalue weighted by atomic mass is 10.1. The summed E-state index contributed by atoms with van der Waals surface area (Å²) in [6.07, 6.45) is 0.266. The van der Waals surface area contributed by atoms with Gasteiger partial charge in [-0.2, -0.15) is 0 Å². The molecule has 0 aromatic carbocycles. The second-order valence-corrected chi connectivity index (χ2v) is 6.84. The number of aromatic nitrogens is 1. The average molecular weight is 318 g/mol. The Hall–Kier alpha value is -1.82. The summed E-state index contributed by atoms with van der Waals surface area (Å²) in [6, 6.07) is 5.08. The largest absolute Gasteiger partial charge is 0.440 e. The van der Waals surface area contributed by atoms with Gasteiger partial charge in [0.2, 0.25) is 0 Å². The van der Waals surface area contributed by atoms with Crippen molar-refractivity contribution in [3.8, 4) is 0 Å². The maximum Gasteiger partial charge on any atom is 0.407 e. The van der Waals surface area contributed by atoms with Crippen LogP contribution >= 0.6 is 0 Å². The highest BCUT2D eigenvalue weighted by Gasteiger charge is 2.36. The predicted molar refractivity (Wildman–Crippen MR) is 89.7 cm³/mol. The van der Waals surface area contributed by atoms with Crippen LogP contribution in [0, 0.1) is 0 Å². The molecule has 0 bridgehead atoms. The van der Waals surface area contributed by atoms with Gasteiger partial charge in [-0.1, -0.05) is 6.07 Å². The van der Waals surface area contributed by atoms with Gasteiger partial charge in [0.15, 0.2) is 0 Å². The van der Waals surface area contributed by atoms with Crippen molar-refractivity contribution in [2.24, 2.45) is 0 Å². The van der Waals surface area contributed by atoms with Crippen molar-refractivity contribution in [3.05, 3.63) is 23.4 Å². The van der Waals surface area contributed by atoms with E-state index >= 15 is 0 Å². The number of ether oxygens (including phenoxy) is 1. The van der Waals surface area contributed by atoms with Crippen LogP contribution in [-0.2, 0) is 11.2 Å². The summed E-state index contributed by atoms with van der Waals surface area (Å²) in [4.78, 5) is 19.0. The minimum absolute atomic E-state index is 0.0603. The Kier molecular flexibility index (Phi) is 4.43. The minimum atomic E-state index is -0.400. The van der Waals surface area contributed by atoms with Gasteiger partial charge in [0, 0.05) is 31.2 Å². The van der Waals surface area contributed by atoms with Gasteiger partial charge in [-0.15, -0.1) is 0 Å². The Morgan fingerprint density at radius 2 is 2.17 bits per heavy atom. The highest BCUT2D eigenvalue weighted by atomic mass is 16.6. The van der Waals surface area contributed by atoms with Crippen LogP contribution in [0.3, 0.4) is 0 Å². The third kappa shape index (κ3) is 3.27. The topological polar surface area (TPSA) is 66.5 Å². The zero-order chi connectivity index (χ0) is 16.6. The number of rotatable bonds is 3. The minimum Gasteiger partial charge on any atom is -0.440 e. The lowest BCUT2D eigenvalue weighted by Gasteiger charge is -2.37. The van der Waals surface area contributed by atoms with E-state index in [1.54, 1.807) is 0 Å². The number of alkyl carbamates (subject to hydrolysis) is 1. The highest BCUT2D eigenvalue weighted by molar-refractivity contribution is 5.67. The van der Waals surface area contributed by atoms with Crippen LogP contribution in [0.5, 0.6) is 0 Å². The molecule has 1 aromatic heterocycles. The Bertz CT molecular complexity index is 590. The maximum absolute atomic E-state index is 11.8. The summed E-state index contributed by atoms with van der Waals surface area (Å²) >= 11 is 0. The molecule has 3 unspecified atom stereocenters. The molecular formula is C17H26N4O2. The Labute approximate surface area is 137 Å². The lowest BCUT2D eigenvalue weighted by molar-refractivity contribution is 0.103.